The van der Waals surface area contributed by atoms with Gasteiger partial charge in [-0.3, -0.25) is 13.9 Å². The van der Waals surface area contributed by atoms with Gasteiger partial charge in [-0.05, 0) is 74.7 Å². The fourth-order valence-electron chi connectivity index (χ4n) is 5.47. The molecule has 0 heterocycles. The van der Waals surface area contributed by atoms with Gasteiger partial charge in [0.1, 0.15) is 18.4 Å². The molecule has 9 nitrogen and oxygen atoms in total. The van der Waals surface area contributed by atoms with Crippen LogP contribution in [0.4, 0.5) is 10.1 Å². The number of aryl methyl sites for hydroxylation is 2. The number of carbonyl (C=O) groups excluding carboxylic acids is 2. The number of hydrogen-bond donors (Lipinski definition) is 1. The van der Waals surface area contributed by atoms with Crippen molar-refractivity contribution in [3.63, 3.8) is 0 Å². The van der Waals surface area contributed by atoms with Gasteiger partial charge in [0.05, 0.1) is 24.8 Å². The van der Waals surface area contributed by atoms with Crippen LogP contribution >= 0.6 is 0 Å². The molecule has 0 saturated carbocycles. The SMILES string of the molecule is COc1ccc(S(=O)(=O)N(CC(=O)N(Cc2ccccc2F)[C@H](Cc2ccccc2)C(=O)NC(C)C)c2cc(C)cc(C)c2)cc1OC. The number of nitrogens with one attached hydrogen (secondary N) is 1. The number of ether oxygens (including phenoxy) is 2. The minimum atomic E-state index is -4.40. The van der Waals surface area contributed by atoms with E-state index >= 15 is 4.39 Å². The van der Waals surface area contributed by atoms with Gasteiger partial charge >= 0.3 is 0 Å². The number of rotatable bonds is 14. The Bertz CT molecular complexity index is 1830. The number of halogens is 1. The summed E-state index contributed by atoms with van der Waals surface area (Å²) in [5.74, 6) is -1.16. The smallest absolute Gasteiger partial charge is 0.264 e. The topological polar surface area (TPSA) is 105 Å². The molecule has 0 fully saturated rings. The van der Waals surface area contributed by atoms with E-state index in [4.69, 9.17) is 9.47 Å². The quantitative estimate of drug-likeness (QED) is 0.181. The van der Waals surface area contributed by atoms with Crippen LogP contribution in [0.1, 0.15) is 36.1 Å². The molecule has 0 bridgehead atoms. The molecule has 1 N–H and O–H groups in total. The molecule has 4 aromatic rings. The van der Waals surface area contributed by atoms with Gasteiger partial charge in [-0.15, -0.1) is 0 Å². The minimum absolute atomic E-state index is 0.117. The Balaban J connectivity index is 1.86. The van der Waals surface area contributed by atoms with Gasteiger partial charge in [-0.1, -0.05) is 54.6 Å². The van der Waals surface area contributed by atoms with Crippen LogP contribution in [0.15, 0.2) is 95.9 Å². The predicted molar refractivity (Wildman–Crippen MR) is 184 cm³/mol. The molecule has 0 aliphatic rings. The summed E-state index contributed by atoms with van der Waals surface area (Å²) in [5, 5.41) is 2.89. The summed E-state index contributed by atoms with van der Waals surface area (Å²) >= 11 is 0. The maximum Gasteiger partial charge on any atom is 0.264 e. The average Bonchev–Trinajstić information content (AvgIpc) is 3.05. The highest BCUT2D eigenvalue weighted by Gasteiger charge is 2.35. The van der Waals surface area contributed by atoms with E-state index in [9.17, 15) is 18.0 Å². The minimum Gasteiger partial charge on any atom is -0.493 e. The first-order chi connectivity index (χ1) is 22.8. The zero-order valence-corrected chi connectivity index (χ0v) is 28.9. The highest BCUT2D eigenvalue weighted by Crippen LogP contribution is 2.33. The van der Waals surface area contributed by atoms with E-state index in [1.165, 1.54) is 55.5 Å². The highest BCUT2D eigenvalue weighted by atomic mass is 32.2. The van der Waals surface area contributed by atoms with Gasteiger partial charge in [-0.25, -0.2) is 12.8 Å². The second kappa shape index (κ2) is 15.8. The van der Waals surface area contributed by atoms with Crippen LogP contribution in [0.3, 0.4) is 0 Å². The lowest BCUT2D eigenvalue weighted by atomic mass is 10.0. The lowest BCUT2D eigenvalue weighted by molar-refractivity contribution is -0.140. The zero-order valence-electron chi connectivity index (χ0n) is 28.1. The molecule has 0 aromatic heterocycles. The van der Waals surface area contributed by atoms with Gasteiger partial charge in [0.15, 0.2) is 11.5 Å². The maximum atomic E-state index is 15.1. The third kappa shape index (κ3) is 8.71. The van der Waals surface area contributed by atoms with Gasteiger partial charge < -0.3 is 19.7 Å². The summed E-state index contributed by atoms with van der Waals surface area (Å²) in [6, 6.07) is 23.3. The third-order valence-corrected chi connectivity index (χ3v) is 9.49. The molecule has 0 spiro atoms. The Morgan fingerprint density at radius 3 is 2.06 bits per heavy atom. The van der Waals surface area contributed by atoms with E-state index in [1.54, 1.807) is 32.0 Å². The van der Waals surface area contributed by atoms with Gasteiger partial charge in [-0.2, -0.15) is 0 Å². The first-order valence-corrected chi connectivity index (χ1v) is 17.0. The Labute approximate surface area is 282 Å². The van der Waals surface area contributed by atoms with Crippen LogP contribution in [0.25, 0.3) is 0 Å². The van der Waals surface area contributed by atoms with Gasteiger partial charge in [0.2, 0.25) is 11.8 Å². The van der Waals surface area contributed by atoms with E-state index in [0.717, 1.165) is 21.0 Å². The van der Waals surface area contributed by atoms with Crippen molar-refractivity contribution in [1.82, 2.24) is 10.2 Å². The summed E-state index contributed by atoms with van der Waals surface area (Å²) in [5.41, 5.74) is 2.78. The van der Waals surface area contributed by atoms with E-state index < -0.39 is 40.2 Å². The van der Waals surface area contributed by atoms with Crippen LogP contribution in [0.2, 0.25) is 0 Å². The molecule has 4 rings (SSSR count). The second-order valence-electron chi connectivity index (χ2n) is 11.9. The first kappa shape index (κ1) is 35.9. The number of methoxy groups -OCH3 is 2. The summed E-state index contributed by atoms with van der Waals surface area (Å²) in [6.45, 7) is 6.32. The summed E-state index contributed by atoms with van der Waals surface area (Å²) < 4.78 is 55.7. The molecule has 48 heavy (non-hydrogen) atoms. The molecular formula is C37H42FN3O6S. The van der Waals surface area contributed by atoms with Gasteiger partial charge in [0, 0.05) is 30.6 Å². The number of sulfonamides is 1. The van der Waals surface area contributed by atoms with E-state index in [2.05, 4.69) is 5.32 Å². The van der Waals surface area contributed by atoms with Crippen molar-refractivity contribution in [3.8, 4) is 11.5 Å². The van der Waals surface area contributed by atoms with Crippen molar-refractivity contribution in [2.24, 2.45) is 0 Å². The standard InChI is InChI=1S/C37H42FN3O6S/c1-25(2)39-37(43)33(21-28-12-8-7-9-13-28)40(23-29-14-10-11-15-32(29)38)36(42)24-41(30-19-26(3)18-27(4)20-30)48(44,45)31-16-17-34(46-5)35(22-31)47-6/h7-20,22,25,33H,21,23-24H2,1-6H3,(H,39,43)/t33-/m1/s1. The molecule has 1 atom stereocenters. The largest absolute Gasteiger partial charge is 0.493 e. The van der Waals surface area contributed by atoms with Crippen molar-refractivity contribution >= 4 is 27.5 Å². The molecular weight excluding hydrogens is 633 g/mol. The number of hydrogen-bond acceptors (Lipinski definition) is 6. The lowest BCUT2D eigenvalue weighted by Crippen LogP contribution is -2.54. The number of anilines is 1. The predicted octanol–water partition coefficient (Wildman–Crippen LogP) is 5.82. The molecule has 11 heteroatoms. The molecule has 0 aliphatic carbocycles. The van der Waals surface area contributed by atoms with Crippen molar-refractivity contribution in [2.45, 2.75) is 57.6 Å². The Hall–Kier alpha value is -4.90. The summed E-state index contributed by atoms with van der Waals surface area (Å²) in [7, 11) is -1.56. The Kier molecular flexibility index (Phi) is 11.8. The Morgan fingerprint density at radius 2 is 1.46 bits per heavy atom. The van der Waals surface area contributed by atoms with Gasteiger partial charge in [0.25, 0.3) is 10.0 Å². The summed E-state index contributed by atoms with van der Waals surface area (Å²) in [6.07, 6.45) is 0.117. The average molecular weight is 676 g/mol. The Morgan fingerprint density at radius 1 is 0.833 bits per heavy atom. The molecule has 0 saturated heterocycles. The maximum absolute atomic E-state index is 15.1. The highest BCUT2D eigenvalue weighted by molar-refractivity contribution is 7.92. The normalized spacial score (nSPS) is 11.9. The number of nitrogens with zero attached hydrogens (tertiary/aromatic N) is 2. The van der Waals surface area contributed by atoms with Crippen molar-refractivity contribution in [2.75, 3.05) is 25.1 Å². The van der Waals surface area contributed by atoms with Crippen LogP contribution in [0, 0.1) is 19.7 Å². The molecule has 2 amide bonds. The molecule has 0 unspecified atom stereocenters. The summed E-state index contributed by atoms with van der Waals surface area (Å²) in [4.78, 5) is 29.6. The second-order valence-corrected chi connectivity index (χ2v) is 13.7. The first-order valence-electron chi connectivity index (χ1n) is 15.5. The van der Waals surface area contributed by atoms with Crippen LogP contribution in [-0.4, -0.2) is 58.0 Å². The monoisotopic (exact) mass is 675 g/mol. The van der Waals surface area contributed by atoms with E-state index in [1.807, 2.05) is 50.2 Å². The fraction of sp³-hybridized carbons (Fsp3) is 0.297. The van der Waals surface area contributed by atoms with Crippen molar-refractivity contribution in [1.29, 1.82) is 0 Å². The number of carbonyl (C=O) groups is 2. The molecule has 0 radical (unpaired) electrons. The van der Waals surface area contributed by atoms with Crippen LogP contribution in [0.5, 0.6) is 11.5 Å². The number of amides is 2. The molecule has 0 aliphatic heterocycles. The van der Waals surface area contributed by atoms with Crippen LogP contribution in [-0.2, 0) is 32.6 Å². The zero-order chi connectivity index (χ0) is 35.0. The van der Waals surface area contributed by atoms with Crippen LogP contribution < -0.4 is 19.1 Å². The van der Waals surface area contributed by atoms with E-state index in [-0.39, 0.29) is 40.9 Å². The third-order valence-electron chi connectivity index (χ3n) is 7.72. The van der Waals surface area contributed by atoms with Crippen molar-refractivity contribution < 1.29 is 31.9 Å². The molecule has 4 aromatic carbocycles. The fourth-order valence-corrected chi connectivity index (χ4v) is 6.89. The van der Waals surface area contributed by atoms with Crippen molar-refractivity contribution in [3.05, 3.63) is 119 Å². The van der Waals surface area contributed by atoms with E-state index in [0.29, 0.717) is 5.75 Å². The molecule has 254 valence electrons. The lowest BCUT2D eigenvalue weighted by Gasteiger charge is -2.34. The number of benzene rings is 4.